The maximum atomic E-state index is 11.9. The molecule has 2 rings (SSSR count). The standard InChI is InChI=1S/C18H18N2O3/c1-2-23-18(22)8-5-14-3-6-16(7-4-14)20-17(21)13-15-9-11-19-12-10-15/h3-12H,2,13H2,1H3,(H,20,21). The minimum absolute atomic E-state index is 0.0917. The van der Waals surface area contributed by atoms with E-state index >= 15 is 0 Å². The molecule has 1 heterocycles. The highest BCUT2D eigenvalue weighted by Gasteiger charge is 2.03. The van der Waals surface area contributed by atoms with Gasteiger partial charge >= 0.3 is 5.97 Å². The Hall–Kier alpha value is -2.95. The second-order valence-corrected chi connectivity index (χ2v) is 4.79. The van der Waals surface area contributed by atoms with E-state index in [1.807, 2.05) is 24.3 Å². The summed E-state index contributed by atoms with van der Waals surface area (Å²) in [6.07, 6.45) is 6.66. The smallest absolute Gasteiger partial charge is 0.330 e. The van der Waals surface area contributed by atoms with Crippen LogP contribution in [0.25, 0.3) is 6.08 Å². The molecule has 0 fully saturated rings. The predicted octanol–water partition coefficient (Wildman–Crippen LogP) is 2.84. The van der Waals surface area contributed by atoms with Crippen LogP contribution in [0.1, 0.15) is 18.1 Å². The highest BCUT2D eigenvalue weighted by atomic mass is 16.5. The topological polar surface area (TPSA) is 68.3 Å². The third-order valence-electron chi connectivity index (χ3n) is 3.01. The van der Waals surface area contributed by atoms with Crippen molar-refractivity contribution in [3.8, 4) is 0 Å². The van der Waals surface area contributed by atoms with Crippen molar-refractivity contribution in [3.05, 3.63) is 66.0 Å². The molecule has 0 aliphatic heterocycles. The molecule has 5 heteroatoms. The largest absolute Gasteiger partial charge is 0.463 e. The summed E-state index contributed by atoms with van der Waals surface area (Å²) in [7, 11) is 0. The number of anilines is 1. The molecule has 23 heavy (non-hydrogen) atoms. The van der Waals surface area contributed by atoms with E-state index < -0.39 is 0 Å². The first-order chi connectivity index (χ1) is 11.2. The van der Waals surface area contributed by atoms with Crippen LogP contribution in [-0.2, 0) is 20.7 Å². The van der Waals surface area contributed by atoms with E-state index in [0.717, 1.165) is 11.1 Å². The zero-order valence-electron chi connectivity index (χ0n) is 12.9. The molecule has 0 saturated heterocycles. The molecule has 118 valence electrons. The number of aromatic nitrogens is 1. The Morgan fingerprint density at radius 1 is 1.13 bits per heavy atom. The van der Waals surface area contributed by atoms with Gasteiger partial charge in [0.2, 0.25) is 5.91 Å². The number of esters is 1. The fourth-order valence-electron chi connectivity index (χ4n) is 1.92. The fourth-order valence-corrected chi connectivity index (χ4v) is 1.92. The van der Waals surface area contributed by atoms with Crippen molar-refractivity contribution in [2.24, 2.45) is 0 Å². The number of carbonyl (C=O) groups is 2. The van der Waals surface area contributed by atoms with Crippen LogP contribution >= 0.6 is 0 Å². The molecule has 0 unspecified atom stereocenters. The monoisotopic (exact) mass is 310 g/mol. The molecular formula is C18H18N2O3. The van der Waals surface area contributed by atoms with E-state index in [2.05, 4.69) is 10.3 Å². The van der Waals surface area contributed by atoms with Crippen molar-refractivity contribution in [3.63, 3.8) is 0 Å². The third kappa shape index (κ3) is 5.74. The zero-order valence-corrected chi connectivity index (χ0v) is 12.9. The van der Waals surface area contributed by atoms with Crippen LogP contribution in [0.2, 0.25) is 0 Å². The van der Waals surface area contributed by atoms with Crippen LogP contribution in [-0.4, -0.2) is 23.5 Å². The van der Waals surface area contributed by atoms with Gasteiger partial charge in [0.05, 0.1) is 13.0 Å². The van der Waals surface area contributed by atoms with E-state index in [1.165, 1.54) is 6.08 Å². The Kier molecular flexibility index (Phi) is 6.06. The van der Waals surface area contributed by atoms with Gasteiger partial charge in [-0.1, -0.05) is 12.1 Å². The van der Waals surface area contributed by atoms with Crippen molar-refractivity contribution >= 4 is 23.6 Å². The molecule has 0 aliphatic carbocycles. The van der Waals surface area contributed by atoms with Gasteiger partial charge in [0, 0.05) is 24.2 Å². The molecule has 2 aromatic rings. The Morgan fingerprint density at radius 3 is 2.48 bits per heavy atom. The Balaban J connectivity index is 1.89. The highest BCUT2D eigenvalue weighted by molar-refractivity contribution is 5.92. The summed E-state index contributed by atoms with van der Waals surface area (Å²) in [5, 5.41) is 2.83. The molecule has 0 saturated carbocycles. The summed E-state index contributed by atoms with van der Waals surface area (Å²) in [5.41, 5.74) is 2.47. The van der Waals surface area contributed by atoms with Gasteiger partial charge in [-0.15, -0.1) is 0 Å². The quantitative estimate of drug-likeness (QED) is 0.658. The molecule has 1 aromatic carbocycles. The van der Waals surface area contributed by atoms with Crippen molar-refractivity contribution in [2.75, 3.05) is 11.9 Å². The van der Waals surface area contributed by atoms with Gasteiger partial charge in [0.15, 0.2) is 0 Å². The number of hydrogen-bond acceptors (Lipinski definition) is 4. The normalized spacial score (nSPS) is 10.5. The lowest BCUT2D eigenvalue weighted by Crippen LogP contribution is -2.14. The minimum Gasteiger partial charge on any atom is -0.463 e. The van der Waals surface area contributed by atoms with Gasteiger partial charge < -0.3 is 10.1 Å². The molecule has 0 spiro atoms. The summed E-state index contributed by atoms with van der Waals surface area (Å²) >= 11 is 0. The molecule has 1 amide bonds. The van der Waals surface area contributed by atoms with Crippen LogP contribution in [0.15, 0.2) is 54.9 Å². The van der Waals surface area contributed by atoms with E-state index in [-0.39, 0.29) is 11.9 Å². The lowest BCUT2D eigenvalue weighted by Gasteiger charge is -2.05. The number of rotatable bonds is 6. The molecule has 0 bridgehead atoms. The van der Waals surface area contributed by atoms with Crippen LogP contribution in [0.5, 0.6) is 0 Å². The maximum Gasteiger partial charge on any atom is 0.330 e. The Bertz CT molecular complexity index is 679. The van der Waals surface area contributed by atoms with Crippen LogP contribution < -0.4 is 5.32 Å². The molecule has 5 nitrogen and oxygen atoms in total. The van der Waals surface area contributed by atoms with E-state index in [4.69, 9.17) is 4.74 Å². The second kappa shape index (κ2) is 8.48. The summed E-state index contributed by atoms with van der Waals surface area (Å²) in [6, 6.07) is 10.8. The molecule has 0 radical (unpaired) electrons. The van der Waals surface area contributed by atoms with Gasteiger partial charge in [-0.05, 0) is 48.4 Å². The van der Waals surface area contributed by atoms with Gasteiger partial charge in [-0.2, -0.15) is 0 Å². The maximum absolute atomic E-state index is 11.9. The third-order valence-corrected chi connectivity index (χ3v) is 3.01. The number of amides is 1. The van der Waals surface area contributed by atoms with Crippen molar-refractivity contribution in [2.45, 2.75) is 13.3 Å². The molecule has 0 aliphatic rings. The first-order valence-corrected chi connectivity index (χ1v) is 7.31. The lowest BCUT2D eigenvalue weighted by atomic mass is 10.1. The SMILES string of the molecule is CCOC(=O)C=Cc1ccc(NC(=O)Cc2ccncc2)cc1. The van der Waals surface area contributed by atoms with Gasteiger partial charge in [0.25, 0.3) is 0 Å². The number of pyridine rings is 1. The van der Waals surface area contributed by atoms with Crippen molar-refractivity contribution in [1.82, 2.24) is 4.98 Å². The number of nitrogens with one attached hydrogen (secondary N) is 1. The van der Waals surface area contributed by atoms with Gasteiger partial charge in [0.1, 0.15) is 0 Å². The van der Waals surface area contributed by atoms with Crippen LogP contribution in [0.3, 0.4) is 0 Å². The van der Waals surface area contributed by atoms with E-state index in [0.29, 0.717) is 18.7 Å². The predicted molar refractivity (Wildman–Crippen MR) is 88.7 cm³/mol. The fraction of sp³-hybridized carbons (Fsp3) is 0.167. The van der Waals surface area contributed by atoms with Gasteiger partial charge in [-0.3, -0.25) is 9.78 Å². The Labute approximate surface area is 135 Å². The number of nitrogens with zero attached hydrogens (tertiary/aromatic N) is 1. The zero-order chi connectivity index (χ0) is 16.5. The van der Waals surface area contributed by atoms with Crippen molar-refractivity contribution < 1.29 is 14.3 Å². The van der Waals surface area contributed by atoms with Crippen LogP contribution in [0, 0.1) is 0 Å². The minimum atomic E-state index is -0.373. The van der Waals surface area contributed by atoms with Crippen molar-refractivity contribution in [1.29, 1.82) is 0 Å². The average molecular weight is 310 g/mol. The van der Waals surface area contributed by atoms with E-state index in [9.17, 15) is 9.59 Å². The number of benzene rings is 1. The summed E-state index contributed by atoms with van der Waals surface area (Å²) < 4.78 is 4.81. The average Bonchev–Trinajstić information content (AvgIpc) is 2.55. The Morgan fingerprint density at radius 2 is 1.83 bits per heavy atom. The number of carbonyl (C=O) groups excluding carboxylic acids is 2. The van der Waals surface area contributed by atoms with Gasteiger partial charge in [-0.25, -0.2) is 4.79 Å². The summed E-state index contributed by atoms with van der Waals surface area (Å²) in [5.74, 6) is -0.465. The molecule has 1 N–H and O–H groups in total. The number of ether oxygens (including phenoxy) is 1. The second-order valence-electron chi connectivity index (χ2n) is 4.79. The molecule has 0 atom stereocenters. The lowest BCUT2D eigenvalue weighted by molar-refractivity contribution is -0.137. The molecule has 1 aromatic heterocycles. The summed E-state index contributed by atoms with van der Waals surface area (Å²) in [6.45, 7) is 2.11. The van der Waals surface area contributed by atoms with E-state index in [1.54, 1.807) is 37.5 Å². The highest BCUT2D eigenvalue weighted by Crippen LogP contribution is 2.11. The van der Waals surface area contributed by atoms with Crippen LogP contribution in [0.4, 0.5) is 5.69 Å². The number of hydrogen-bond donors (Lipinski definition) is 1. The summed E-state index contributed by atoms with van der Waals surface area (Å²) in [4.78, 5) is 27.1. The first kappa shape index (κ1) is 16.4. The molecular weight excluding hydrogens is 292 g/mol. The first-order valence-electron chi connectivity index (χ1n) is 7.31.